The Labute approximate surface area is 156 Å². The van der Waals surface area contributed by atoms with Crippen LogP contribution in [0.1, 0.15) is 11.1 Å². The fourth-order valence-electron chi connectivity index (χ4n) is 2.19. The molecule has 4 nitrogen and oxygen atoms in total. The number of methoxy groups -OCH3 is 1. The third-order valence-electron chi connectivity index (χ3n) is 3.60. The summed E-state index contributed by atoms with van der Waals surface area (Å²) < 4.78 is 5.33. The smallest absolute Gasteiger partial charge is 0.266 e. The van der Waals surface area contributed by atoms with Crippen molar-refractivity contribution in [2.75, 3.05) is 18.7 Å². The van der Waals surface area contributed by atoms with Crippen LogP contribution in [0.2, 0.25) is 5.02 Å². The molecule has 0 spiro atoms. The standard InChI is InChI=1S/C19H17ClN2O2S/c1-12-15(20)5-4-6-16(12)22-19(23)14(11-21)9-13-7-8-18(25-3)17(10-13)24-2/h4-10H,1-3H3,(H,22,23)/b14-9-. The Morgan fingerprint density at radius 3 is 2.76 bits per heavy atom. The van der Waals surface area contributed by atoms with Crippen molar-refractivity contribution in [1.29, 1.82) is 5.26 Å². The number of hydrogen-bond donors (Lipinski definition) is 1. The third-order valence-corrected chi connectivity index (χ3v) is 4.79. The molecule has 0 fully saturated rings. The molecule has 6 heteroatoms. The molecule has 0 radical (unpaired) electrons. The number of ether oxygens (including phenoxy) is 1. The summed E-state index contributed by atoms with van der Waals surface area (Å²) in [7, 11) is 1.59. The van der Waals surface area contributed by atoms with Gasteiger partial charge in [0.2, 0.25) is 0 Å². The SMILES string of the molecule is COc1cc(/C=C(/C#N)C(=O)Nc2cccc(Cl)c2C)ccc1SC. The number of nitriles is 1. The molecule has 0 saturated heterocycles. The zero-order chi connectivity index (χ0) is 18.4. The molecule has 0 aliphatic carbocycles. The summed E-state index contributed by atoms with van der Waals surface area (Å²) in [5, 5.41) is 12.6. The van der Waals surface area contributed by atoms with Gasteiger partial charge in [-0.25, -0.2) is 0 Å². The van der Waals surface area contributed by atoms with E-state index in [9.17, 15) is 10.1 Å². The molecule has 128 valence electrons. The fraction of sp³-hybridized carbons (Fsp3) is 0.158. The van der Waals surface area contributed by atoms with Gasteiger partial charge in [0, 0.05) is 15.6 Å². The summed E-state index contributed by atoms with van der Waals surface area (Å²) in [6.07, 6.45) is 3.48. The molecule has 0 aliphatic rings. The second-order valence-electron chi connectivity index (χ2n) is 5.15. The second kappa shape index (κ2) is 8.61. The van der Waals surface area contributed by atoms with Crippen molar-refractivity contribution in [1.82, 2.24) is 0 Å². The molecule has 0 saturated carbocycles. The first-order chi connectivity index (χ1) is 12.0. The first kappa shape index (κ1) is 18.9. The minimum Gasteiger partial charge on any atom is -0.496 e. The predicted molar refractivity (Wildman–Crippen MR) is 103 cm³/mol. The number of carbonyl (C=O) groups excluding carboxylic acids is 1. The zero-order valence-electron chi connectivity index (χ0n) is 14.1. The van der Waals surface area contributed by atoms with Crippen LogP contribution < -0.4 is 10.1 Å². The summed E-state index contributed by atoms with van der Waals surface area (Å²) >= 11 is 7.62. The molecule has 2 rings (SSSR count). The second-order valence-corrected chi connectivity index (χ2v) is 6.41. The fourth-order valence-corrected chi connectivity index (χ4v) is 2.91. The maximum atomic E-state index is 12.4. The lowest BCUT2D eigenvalue weighted by molar-refractivity contribution is -0.112. The van der Waals surface area contributed by atoms with Crippen molar-refractivity contribution < 1.29 is 9.53 Å². The molecular formula is C19H17ClN2O2S. The van der Waals surface area contributed by atoms with Gasteiger partial charge in [-0.3, -0.25) is 4.79 Å². The quantitative estimate of drug-likeness (QED) is 0.459. The van der Waals surface area contributed by atoms with Gasteiger partial charge in [0.1, 0.15) is 17.4 Å². The number of thioether (sulfide) groups is 1. The average Bonchev–Trinajstić information content (AvgIpc) is 2.63. The van der Waals surface area contributed by atoms with E-state index in [-0.39, 0.29) is 5.57 Å². The van der Waals surface area contributed by atoms with E-state index in [1.807, 2.05) is 24.5 Å². The van der Waals surface area contributed by atoms with Crippen molar-refractivity contribution in [3.63, 3.8) is 0 Å². The van der Waals surface area contributed by atoms with Gasteiger partial charge in [-0.05, 0) is 54.6 Å². The molecule has 0 heterocycles. The van der Waals surface area contributed by atoms with Crippen LogP contribution in [-0.4, -0.2) is 19.3 Å². The lowest BCUT2D eigenvalue weighted by atomic mass is 10.1. The van der Waals surface area contributed by atoms with E-state index in [0.717, 1.165) is 10.5 Å². The van der Waals surface area contributed by atoms with Gasteiger partial charge in [-0.2, -0.15) is 5.26 Å². The maximum absolute atomic E-state index is 12.4. The lowest BCUT2D eigenvalue weighted by Gasteiger charge is -2.09. The number of benzene rings is 2. The Bertz CT molecular complexity index is 872. The molecule has 0 bridgehead atoms. The summed E-state index contributed by atoms with van der Waals surface area (Å²) in [6.45, 7) is 1.81. The zero-order valence-corrected chi connectivity index (χ0v) is 15.7. The van der Waals surface area contributed by atoms with E-state index < -0.39 is 5.91 Å². The summed E-state index contributed by atoms with van der Waals surface area (Å²) in [4.78, 5) is 13.4. The van der Waals surface area contributed by atoms with Gasteiger partial charge < -0.3 is 10.1 Å². The monoisotopic (exact) mass is 372 g/mol. The summed E-state index contributed by atoms with van der Waals surface area (Å²) in [5.41, 5.74) is 2.04. The van der Waals surface area contributed by atoms with Gasteiger partial charge in [0.05, 0.1) is 7.11 Å². The first-order valence-electron chi connectivity index (χ1n) is 7.40. The number of amides is 1. The van der Waals surface area contributed by atoms with Crippen molar-refractivity contribution in [2.45, 2.75) is 11.8 Å². The average molecular weight is 373 g/mol. The Kier molecular flexibility index (Phi) is 6.51. The number of halogens is 1. The topological polar surface area (TPSA) is 62.1 Å². The molecule has 25 heavy (non-hydrogen) atoms. The Hall–Kier alpha value is -2.42. The lowest BCUT2D eigenvalue weighted by Crippen LogP contribution is -2.14. The van der Waals surface area contributed by atoms with E-state index in [0.29, 0.717) is 22.0 Å². The van der Waals surface area contributed by atoms with Crippen LogP contribution in [0, 0.1) is 18.3 Å². The van der Waals surface area contributed by atoms with Crippen molar-refractivity contribution >= 4 is 41.0 Å². The highest BCUT2D eigenvalue weighted by Crippen LogP contribution is 2.29. The Morgan fingerprint density at radius 2 is 2.12 bits per heavy atom. The van der Waals surface area contributed by atoms with Crippen LogP contribution in [-0.2, 0) is 4.79 Å². The van der Waals surface area contributed by atoms with E-state index in [1.54, 1.807) is 50.1 Å². The molecule has 0 atom stereocenters. The number of rotatable bonds is 5. The van der Waals surface area contributed by atoms with Gasteiger partial charge in [-0.15, -0.1) is 11.8 Å². The highest BCUT2D eigenvalue weighted by atomic mass is 35.5. The third kappa shape index (κ3) is 4.56. The first-order valence-corrected chi connectivity index (χ1v) is 9.00. The molecule has 1 N–H and O–H groups in total. The molecule has 0 unspecified atom stereocenters. The van der Waals surface area contributed by atoms with Crippen LogP contribution in [0.3, 0.4) is 0 Å². The van der Waals surface area contributed by atoms with Crippen molar-refractivity contribution in [3.8, 4) is 11.8 Å². The van der Waals surface area contributed by atoms with E-state index in [1.165, 1.54) is 6.08 Å². The highest BCUT2D eigenvalue weighted by Gasteiger charge is 2.12. The number of carbonyl (C=O) groups is 1. The van der Waals surface area contributed by atoms with Gasteiger partial charge in [-0.1, -0.05) is 23.7 Å². The van der Waals surface area contributed by atoms with Crippen LogP contribution >= 0.6 is 23.4 Å². The molecule has 2 aromatic rings. The predicted octanol–water partition coefficient (Wildman–Crippen LogP) is 4.92. The van der Waals surface area contributed by atoms with E-state index in [4.69, 9.17) is 16.3 Å². The molecule has 1 amide bonds. The number of hydrogen-bond acceptors (Lipinski definition) is 4. The van der Waals surface area contributed by atoms with E-state index in [2.05, 4.69) is 5.32 Å². The molecule has 2 aromatic carbocycles. The van der Waals surface area contributed by atoms with E-state index >= 15 is 0 Å². The van der Waals surface area contributed by atoms with Gasteiger partial charge >= 0.3 is 0 Å². The summed E-state index contributed by atoms with van der Waals surface area (Å²) in [6, 6.07) is 12.7. The number of anilines is 1. The minimum atomic E-state index is -0.485. The highest BCUT2D eigenvalue weighted by molar-refractivity contribution is 7.98. The minimum absolute atomic E-state index is 0.00155. The Balaban J connectivity index is 2.29. The van der Waals surface area contributed by atoms with Crippen LogP contribution in [0.5, 0.6) is 5.75 Å². The van der Waals surface area contributed by atoms with Crippen molar-refractivity contribution in [2.24, 2.45) is 0 Å². The van der Waals surface area contributed by atoms with Crippen molar-refractivity contribution in [3.05, 3.63) is 58.1 Å². The maximum Gasteiger partial charge on any atom is 0.266 e. The van der Waals surface area contributed by atoms with Crippen LogP contribution in [0.15, 0.2) is 46.9 Å². The molecule has 0 aliphatic heterocycles. The normalized spacial score (nSPS) is 10.9. The Morgan fingerprint density at radius 1 is 1.36 bits per heavy atom. The largest absolute Gasteiger partial charge is 0.496 e. The van der Waals surface area contributed by atoms with Gasteiger partial charge in [0.25, 0.3) is 5.91 Å². The van der Waals surface area contributed by atoms with Crippen LogP contribution in [0.4, 0.5) is 5.69 Å². The van der Waals surface area contributed by atoms with Crippen LogP contribution in [0.25, 0.3) is 6.08 Å². The van der Waals surface area contributed by atoms with Gasteiger partial charge in [0.15, 0.2) is 0 Å². The summed E-state index contributed by atoms with van der Waals surface area (Å²) in [5.74, 6) is 0.213. The number of nitrogens with zero attached hydrogens (tertiary/aromatic N) is 1. The molecule has 0 aromatic heterocycles. The molecular weight excluding hydrogens is 356 g/mol. The number of nitrogens with one attached hydrogen (secondary N) is 1.